The number of benzene rings is 2. The number of hydrogen-bond acceptors (Lipinski definition) is 13. The summed E-state index contributed by atoms with van der Waals surface area (Å²) < 4.78 is 21.0. The number of furan rings is 1. The summed E-state index contributed by atoms with van der Waals surface area (Å²) in [6.07, 6.45) is 6.48. The molecule has 0 bridgehead atoms. The van der Waals surface area contributed by atoms with Crippen LogP contribution in [0.4, 0.5) is 5.69 Å². The van der Waals surface area contributed by atoms with Gasteiger partial charge in [-0.15, -0.1) is 0 Å². The minimum Gasteiger partial charge on any atom is -0.543 e. The first-order chi connectivity index (χ1) is 30.5. The number of carbonyl (C=O) groups excluding carboxylic acids is 7. The van der Waals surface area contributed by atoms with E-state index >= 15 is 0 Å². The van der Waals surface area contributed by atoms with Gasteiger partial charge in [-0.2, -0.15) is 5.06 Å². The molecule has 1 fully saturated rings. The molecule has 3 aromatic rings. The Hall–Kier alpha value is -6.33. The Balaban J connectivity index is 1.41. The van der Waals surface area contributed by atoms with Crippen LogP contribution in [-0.2, 0) is 33.4 Å². The first kappa shape index (κ1) is 49.3. The molecule has 1 aliphatic rings. The summed E-state index contributed by atoms with van der Waals surface area (Å²) >= 11 is 0. The van der Waals surface area contributed by atoms with Gasteiger partial charge >= 0.3 is 20.0 Å². The van der Waals surface area contributed by atoms with Crippen LogP contribution >= 0.6 is 0 Å². The van der Waals surface area contributed by atoms with Crippen LogP contribution in [0.25, 0.3) is 11.3 Å². The highest BCUT2D eigenvalue weighted by Crippen LogP contribution is 2.30. The van der Waals surface area contributed by atoms with Crippen molar-refractivity contribution in [2.45, 2.75) is 104 Å². The molecule has 1 aromatic heterocycles. The number of nitrogens with zero attached hydrogens (tertiary/aromatic N) is 2. The lowest BCUT2D eigenvalue weighted by atomic mass is 9.90. The summed E-state index contributed by atoms with van der Waals surface area (Å²) in [5, 5.41) is 8.77. The smallest absolute Gasteiger partial charge is 0.378 e. The number of unbranched alkanes of at least 4 members (excludes halogenated alkanes) is 3. The molecule has 3 N–H and O–H groups in total. The van der Waals surface area contributed by atoms with Crippen molar-refractivity contribution in [2.75, 3.05) is 37.9 Å². The van der Waals surface area contributed by atoms with Crippen LogP contribution in [-0.4, -0.2) is 100 Å². The summed E-state index contributed by atoms with van der Waals surface area (Å²) in [4.78, 5) is 98.4. The van der Waals surface area contributed by atoms with Gasteiger partial charge in [-0.1, -0.05) is 58.6 Å². The van der Waals surface area contributed by atoms with Gasteiger partial charge in [0.15, 0.2) is 5.76 Å². The van der Waals surface area contributed by atoms with Gasteiger partial charge in [0.1, 0.15) is 17.6 Å². The molecule has 4 rings (SSSR count). The predicted molar refractivity (Wildman–Crippen MR) is 232 cm³/mol. The summed E-state index contributed by atoms with van der Waals surface area (Å²) in [6, 6.07) is 12.4. The van der Waals surface area contributed by atoms with Crippen molar-refractivity contribution >= 4 is 55.8 Å². The van der Waals surface area contributed by atoms with Crippen molar-refractivity contribution < 1.29 is 56.9 Å². The Morgan fingerprint density at radius 1 is 0.905 bits per heavy atom. The molecular formula is C45H58BN5O12. The van der Waals surface area contributed by atoms with E-state index in [0.717, 1.165) is 55.9 Å². The number of hydrogen-bond donors (Lipinski definition) is 3. The number of anilines is 1. The second-order valence-corrected chi connectivity index (χ2v) is 14.9. The maximum absolute atomic E-state index is 13.7. The molecule has 3 atom stereocenters. The number of hydroxylamine groups is 2. The summed E-state index contributed by atoms with van der Waals surface area (Å²) in [5.41, 5.74) is 1.68. The minimum atomic E-state index is -1.38. The fourth-order valence-electron chi connectivity index (χ4n) is 7.12. The molecular weight excluding hydrogens is 813 g/mol. The van der Waals surface area contributed by atoms with Crippen molar-refractivity contribution in [2.24, 2.45) is 5.92 Å². The van der Waals surface area contributed by atoms with E-state index in [4.69, 9.17) is 26.8 Å². The van der Waals surface area contributed by atoms with Crippen molar-refractivity contribution in [3.8, 4) is 17.1 Å². The number of amides is 4. The molecule has 0 unspecified atom stereocenters. The van der Waals surface area contributed by atoms with Gasteiger partial charge in [0.25, 0.3) is 17.8 Å². The SMILES string of the molecule is [B]OC(=O)C[C@H](NC(=O)c1ccc(-c2ccc(C(=O)NCNC(=O)[C@H](CCCCC)[C@@H](CC)N(C=O)OC(=O)c3cccc(N4CCCC4)c3)o2)cc1OCC)C(=O)OCCCC. The van der Waals surface area contributed by atoms with Crippen LogP contribution in [0.1, 0.15) is 123 Å². The quantitative estimate of drug-likeness (QED) is 0.0230. The summed E-state index contributed by atoms with van der Waals surface area (Å²) in [5.74, 6) is -4.73. The van der Waals surface area contributed by atoms with E-state index in [-0.39, 0.29) is 48.3 Å². The van der Waals surface area contributed by atoms with Crippen molar-refractivity contribution in [3.63, 3.8) is 0 Å². The van der Waals surface area contributed by atoms with Gasteiger partial charge in [-0.3, -0.25) is 24.0 Å². The van der Waals surface area contributed by atoms with Crippen LogP contribution in [0.15, 0.2) is 59.0 Å². The molecule has 1 saturated heterocycles. The third-order valence-corrected chi connectivity index (χ3v) is 10.5. The van der Waals surface area contributed by atoms with Crippen LogP contribution in [0.5, 0.6) is 5.75 Å². The lowest BCUT2D eigenvalue weighted by Crippen LogP contribution is -2.49. The van der Waals surface area contributed by atoms with E-state index in [1.165, 1.54) is 18.2 Å². The summed E-state index contributed by atoms with van der Waals surface area (Å²) in [7, 11) is 4.97. The van der Waals surface area contributed by atoms with Gasteiger partial charge in [0.2, 0.25) is 12.3 Å². The van der Waals surface area contributed by atoms with Crippen molar-refractivity contribution in [1.29, 1.82) is 0 Å². The number of ether oxygens (including phenoxy) is 2. The largest absolute Gasteiger partial charge is 0.543 e. The van der Waals surface area contributed by atoms with Crippen LogP contribution in [0.3, 0.4) is 0 Å². The molecule has 2 aromatic carbocycles. The lowest BCUT2D eigenvalue weighted by Gasteiger charge is -2.32. The number of carbonyl (C=O) groups is 7. The molecule has 0 saturated carbocycles. The van der Waals surface area contributed by atoms with E-state index in [0.29, 0.717) is 37.7 Å². The standard InChI is InChI=1S/C45H58BN5O12/c1-5-9-11-17-33(36(7-3)51(29-52)63-44(57)31-15-14-16-32(25-31)50-22-12-13-23-50)41(54)47-28-48-43(56)38-21-20-37(61-38)30-18-19-34(39(26-30)59-8-4)42(55)49-35(27-40(53)62-46)45(58)60-24-10-6-2/h14-16,18-21,25-26,29,33,35-36H,5-13,17,22-24,27-28H2,1-4H3,(H,47,54)(H,48,56)(H,49,55)/t33-,35+,36-/m1/s1. The molecule has 338 valence electrons. The minimum absolute atomic E-state index is 0.0452. The van der Waals surface area contributed by atoms with E-state index in [1.807, 2.05) is 19.9 Å². The van der Waals surface area contributed by atoms with Gasteiger partial charge in [-0.05, 0) is 81.5 Å². The Morgan fingerprint density at radius 3 is 2.35 bits per heavy atom. The molecule has 2 radical (unpaired) electrons. The molecule has 63 heavy (non-hydrogen) atoms. The first-order valence-corrected chi connectivity index (χ1v) is 21.6. The van der Waals surface area contributed by atoms with E-state index in [1.54, 1.807) is 44.2 Å². The average Bonchev–Trinajstić information content (AvgIpc) is 4.02. The monoisotopic (exact) mass is 871 g/mol. The van der Waals surface area contributed by atoms with E-state index in [9.17, 15) is 33.6 Å². The Morgan fingerprint density at radius 2 is 1.67 bits per heavy atom. The first-order valence-electron chi connectivity index (χ1n) is 21.6. The van der Waals surface area contributed by atoms with Crippen LogP contribution in [0.2, 0.25) is 0 Å². The molecule has 0 aliphatic carbocycles. The Kier molecular flexibility index (Phi) is 20.0. The highest BCUT2D eigenvalue weighted by atomic mass is 16.7. The maximum atomic E-state index is 13.7. The molecule has 18 heteroatoms. The Bertz CT molecular complexity index is 2020. The highest BCUT2D eigenvalue weighted by Gasteiger charge is 2.34. The van der Waals surface area contributed by atoms with Gasteiger partial charge < -0.3 is 44.2 Å². The zero-order chi connectivity index (χ0) is 45.7. The van der Waals surface area contributed by atoms with E-state index in [2.05, 4.69) is 25.5 Å². The third kappa shape index (κ3) is 14.4. The fraction of sp³-hybridized carbons (Fsp3) is 0.489. The molecule has 17 nitrogen and oxygen atoms in total. The molecule has 2 heterocycles. The predicted octanol–water partition coefficient (Wildman–Crippen LogP) is 5.41. The van der Waals surface area contributed by atoms with Gasteiger partial charge in [0, 0.05) is 24.3 Å². The maximum Gasteiger partial charge on any atom is 0.378 e. The highest BCUT2D eigenvalue weighted by molar-refractivity contribution is 6.06. The zero-order valence-corrected chi connectivity index (χ0v) is 36.5. The molecule has 1 aliphatic heterocycles. The second-order valence-electron chi connectivity index (χ2n) is 14.9. The van der Waals surface area contributed by atoms with Gasteiger partial charge in [-0.25, -0.2) is 9.59 Å². The normalized spacial score (nSPS) is 13.5. The fourth-order valence-corrected chi connectivity index (χ4v) is 7.12. The zero-order valence-electron chi connectivity index (χ0n) is 36.5. The third-order valence-electron chi connectivity index (χ3n) is 10.5. The topological polar surface area (TPSA) is 212 Å². The second kappa shape index (κ2) is 25.6. The Labute approximate surface area is 369 Å². The van der Waals surface area contributed by atoms with Gasteiger partial charge in [0.05, 0.1) is 49.4 Å². The van der Waals surface area contributed by atoms with E-state index < -0.39 is 60.1 Å². The number of esters is 1. The molecule has 4 amide bonds. The van der Waals surface area contributed by atoms with Crippen LogP contribution < -0.4 is 25.6 Å². The number of rotatable bonds is 26. The molecule has 0 spiro atoms. The van der Waals surface area contributed by atoms with Crippen LogP contribution in [0, 0.1) is 5.92 Å². The van der Waals surface area contributed by atoms with Crippen molar-refractivity contribution in [3.05, 3.63) is 71.5 Å². The van der Waals surface area contributed by atoms with Crippen molar-refractivity contribution in [1.82, 2.24) is 21.0 Å². The number of nitrogens with one attached hydrogen (secondary N) is 3. The average molecular weight is 872 g/mol. The summed E-state index contributed by atoms with van der Waals surface area (Å²) in [6.45, 7) is 9.25. The lowest BCUT2D eigenvalue weighted by molar-refractivity contribution is -0.171.